The van der Waals surface area contributed by atoms with E-state index in [2.05, 4.69) is 30.2 Å². The second-order valence-corrected chi connectivity index (χ2v) is 8.59. The summed E-state index contributed by atoms with van der Waals surface area (Å²) in [7, 11) is -3.66. The number of benzene rings is 1. The van der Waals surface area contributed by atoms with Crippen molar-refractivity contribution in [3.05, 3.63) is 36.0 Å². The fraction of sp³-hybridized carbons (Fsp3) is 0.421. The summed E-state index contributed by atoms with van der Waals surface area (Å²) >= 11 is 0. The van der Waals surface area contributed by atoms with E-state index >= 15 is 0 Å². The Hall–Kier alpha value is -2.76. The number of ether oxygens (including phenoxy) is 1. The number of aryl methyl sites for hydroxylation is 1. The Bertz CT molecular complexity index is 975. The van der Waals surface area contributed by atoms with Crippen molar-refractivity contribution < 1.29 is 17.9 Å². The molecule has 11 heteroatoms. The third-order valence-electron chi connectivity index (χ3n) is 4.36. The molecule has 1 aliphatic heterocycles. The highest BCUT2D eigenvalue weighted by molar-refractivity contribution is 7.89. The molecule has 1 aliphatic rings. The molecule has 1 saturated heterocycles. The van der Waals surface area contributed by atoms with Crippen LogP contribution >= 0.6 is 0 Å². The van der Waals surface area contributed by atoms with E-state index < -0.39 is 10.0 Å². The third-order valence-corrected chi connectivity index (χ3v) is 5.84. The van der Waals surface area contributed by atoms with E-state index in [1.54, 1.807) is 12.1 Å². The minimum absolute atomic E-state index is 0.123. The van der Waals surface area contributed by atoms with Crippen LogP contribution in [0.1, 0.15) is 12.6 Å². The van der Waals surface area contributed by atoms with Crippen molar-refractivity contribution in [2.24, 2.45) is 0 Å². The Morgan fingerprint density at radius 1 is 1.13 bits per heavy atom. The molecule has 1 aromatic carbocycles. The summed E-state index contributed by atoms with van der Waals surface area (Å²) in [6.45, 7) is 6.66. The molecule has 2 aromatic rings. The second kappa shape index (κ2) is 9.83. The number of anilines is 3. The molecule has 3 N–H and O–H groups in total. The number of morpholine rings is 1. The van der Waals surface area contributed by atoms with Crippen LogP contribution in [0.25, 0.3) is 0 Å². The zero-order valence-corrected chi connectivity index (χ0v) is 17.8. The van der Waals surface area contributed by atoms with E-state index in [0.29, 0.717) is 31.4 Å². The highest BCUT2D eigenvalue weighted by Gasteiger charge is 2.15. The predicted octanol–water partition coefficient (Wildman–Crippen LogP) is 0.970. The molecule has 0 saturated carbocycles. The standard InChI is InChI=1S/C19H26N6O4S/c1-14-13-18(25-9-11-29-12-10-25)24-19(22-14)20-7-8-21-30(27,28)17-5-3-16(4-6-17)23-15(2)26/h3-6,13,21H,7-12H2,1-2H3,(H,23,26)(H,20,22,24). The molecular weight excluding hydrogens is 408 g/mol. The number of carbonyl (C=O) groups excluding carboxylic acids is 1. The lowest BCUT2D eigenvalue weighted by molar-refractivity contribution is -0.114. The predicted molar refractivity (Wildman–Crippen MR) is 114 cm³/mol. The Morgan fingerprint density at radius 3 is 2.50 bits per heavy atom. The van der Waals surface area contributed by atoms with E-state index in [0.717, 1.165) is 24.6 Å². The largest absolute Gasteiger partial charge is 0.378 e. The first-order valence-corrected chi connectivity index (χ1v) is 11.1. The lowest BCUT2D eigenvalue weighted by Crippen LogP contribution is -2.37. The maximum atomic E-state index is 12.4. The summed E-state index contributed by atoms with van der Waals surface area (Å²) in [5.41, 5.74) is 1.37. The summed E-state index contributed by atoms with van der Waals surface area (Å²) in [6, 6.07) is 7.90. The smallest absolute Gasteiger partial charge is 0.240 e. The summed E-state index contributed by atoms with van der Waals surface area (Å²) in [4.78, 5) is 22.2. The second-order valence-electron chi connectivity index (χ2n) is 6.82. The van der Waals surface area contributed by atoms with Gasteiger partial charge in [-0.1, -0.05) is 0 Å². The Labute approximate surface area is 176 Å². The van der Waals surface area contributed by atoms with Gasteiger partial charge in [0.25, 0.3) is 0 Å². The van der Waals surface area contributed by atoms with Crippen LogP contribution in [-0.4, -0.2) is 63.7 Å². The van der Waals surface area contributed by atoms with Crippen molar-refractivity contribution in [3.8, 4) is 0 Å². The van der Waals surface area contributed by atoms with Crippen molar-refractivity contribution >= 4 is 33.4 Å². The zero-order chi connectivity index (χ0) is 21.6. The number of rotatable bonds is 8. The van der Waals surface area contributed by atoms with Crippen LogP contribution in [0.2, 0.25) is 0 Å². The summed E-state index contributed by atoms with van der Waals surface area (Å²) < 4.78 is 32.7. The summed E-state index contributed by atoms with van der Waals surface area (Å²) in [5.74, 6) is 1.06. The molecule has 1 amide bonds. The van der Waals surface area contributed by atoms with Gasteiger partial charge in [0, 0.05) is 50.6 Å². The molecule has 3 rings (SSSR count). The molecule has 2 heterocycles. The number of nitrogens with one attached hydrogen (secondary N) is 3. The van der Waals surface area contributed by atoms with Crippen molar-refractivity contribution in [1.29, 1.82) is 0 Å². The number of hydrogen-bond donors (Lipinski definition) is 3. The molecule has 0 spiro atoms. The molecule has 0 unspecified atom stereocenters. The number of hydrogen-bond acceptors (Lipinski definition) is 8. The van der Waals surface area contributed by atoms with Gasteiger partial charge in [-0.25, -0.2) is 18.1 Å². The highest BCUT2D eigenvalue weighted by Crippen LogP contribution is 2.16. The quantitative estimate of drug-likeness (QED) is 0.525. The number of amides is 1. The SMILES string of the molecule is CC(=O)Nc1ccc(S(=O)(=O)NCCNc2nc(C)cc(N3CCOCC3)n2)cc1. The maximum Gasteiger partial charge on any atom is 0.240 e. The molecule has 30 heavy (non-hydrogen) atoms. The fourth-order valence-electron chi connectivity index (χ4n) is 2.95. The molecule has 10 nitrogen and oxygen atoms in total. The van der Waals surface area contributed by atoms with Gasteiger partial charge in [-0.2, -0.15) is 4.98 Å². The van der Waals surface area contributed by atoms with Crippen LogP contribution in [0.15, 0.2) is 35.2 Å². The van der Waals surface area contributed by atoms with Gasteiger partial charge in [0.15, 0.2) is 0 Å². The van der Waals surface area contributed by atoms with Crippen LogP contribution in [0.5, 0.6) is 0 Å². The summed E-state index contributed by atoms with van der Waals surface area (Å²) in [6.07, 6.45) is 0. The van der Waals surface area contributed by atoms with E-state index in [4.69, 9.17) is 4.74 Å². The zero-order valence-electron chi connectivity index (χ0n) is 17.0. The molecule has 0 aliphatic carbocycles. The first kappa shape index (κ1) is 21.9. The Morgan fingerprint density at radius 2 is 1.83 bits per heavy atom. The van der Waals surface area contributed by atoms with E-state index in [9.17, 15) is 13.2 Å². The van der Waals surface area contributed by atoms with Gasteiger partial charge < -0.3 is 20.3 Å². The first-order chi connectivity index (χ1) is 14.3. The lowest BCUT2D eigenvalue weighted by atomic mass is 10.3. The minimum atomic E-state index is -3.66. The molecule has 0 radical (unpaired) electrons. The van der Waals surface area contributed by atoms with Crippen molar-refractivity contribution in [2.45, 2.75) is 18.7 Å². The number of aromatic nitrogens is 2. The van der Waals surface area contributed by atoms with E-state index in [1.807, 2.05) is 13.0 Å². The van der Waals surface area contributed by atoms with E-state index in [-0.39, 0.29) is 17.3 Å². The molecule has 162 valence electrons. The molecule has 0 bridgehead atoms. The number of sulfonamides is 1. The van der Waals surface area contributed by atoms with Crippen molar-refractivity contribution in [3.63, 3.8) is 0 Å². The first-order valence-electron chi connectivity index (χ1n) is 9.63. The van der Waals surface area contributed by atoms with Crippen LogP contribution < -0.4 is 20.3 Å². The van der Waals surface area contributed by atoms with Gasteiger partial charge >= 0.3 is 0 Å². The Balaban J connectivity index is 1.53. The molecule has 1 aromatic heterocycles. The highest BCUT2D eigenvalue weighted by atomic mass is 32.2. The number of carbonyl (C=O) groups is 1. The van der Waals surface area contributed by atoms with Crippen molar-refractivity contribution in [2.75, 3.05) is 54.9 Å². The van der Waals surface area contributed by atoms with Crippen LogP contribution in [0, 0.1) is 6.92 Å². The van der Waals surface area contributed by atoms with Gasteiger partial charge in [0.05, 0.1) is 18.1 Å². The molecule has 1 fully saturated rings. The monoisotopic (exact) mass is 434 g/mol. The average molecular weight is 435 g/mol. The molecule has 0 atom stereocenters. The molecular formula is C19H26N6O4S. The van der Waals surface area contributed by atoms with Gasteiger partial charge in [-0.05, 0) is 31.2 Å². The van der Waals surface area contributed by atoms with Crippen LogP contribution in [0.4, 0.5) is 17.5 Å². The maximum absolute atomic E-state index is 12.4. The van der Waals surface area contributed by atoms with Gasteiger partial charge in [0.2, 0.25) is 21.9 Å². The minimum Gasteiger partial charge on any atom is -0.378 e. The Kier molecular flexibility index (Phi) is 7.19. The fourth-order valence-corrected chi connectivity index (χ4v) is 3.98. The van der Waals surface area contributed by atoms with Gasteiger partial charge in [-0.15, -0.1) is 0 Å². The third kappa shape index (κ3) is 6.12. The van der Waals surface area contributed by atoms with Crippen LogP contribution in [-0.2, 0) is 19.6 Å². The van der Waals surface area contributed by atoms with Gasteiger partial charge in [-0.3, -0.25) is 4.79 Å². The summed E-state index contributed by atoms with van der Waals surface area (Å²) in [5, 5.41) is 5.66. The van der Waals surface area contributed by atoms with E-state index in [1.165, 1.54) is 19.1 Å². The normalized spacial score (nSPS) is 14.4. The lowest BCUT2D eigenvalue weighted by Gasteiger charge is -2.28. The average Bonchev–Trinajstić information content (AvgIpc) is 2.71. The van der Waals surface area contributed by atoms with Gasteiger partial charge in [0.1, 0.15) is 5.82 Å². The number of nitrogens with zero attached hydrogens (tertiary/aromatic N) is 3. The topological polar surface area (TPSA) is 126 Å². The van der Waals surface area contributed by atoms with Crippen molar-refractivity contribution in [1.82, 2.24) is 14.7 Å². The van der Waals surface area contributed by atoms with Crippen LogP contribution in [0.3, 0.4) is 0 Å².